The van der Waals surface area contributed by atoms with E-state index in [4.69, 9.17) is 14.7 Å². The second kappa shape index (κ2) is 6.61. The molecule has 126 valence electrons. The third-order valence-corrected chi connectivity index (χ3v) is 3.95. The SMILES string of the molecule is COC1=CC(CC#N)=C(N2C(=O)c3ccccc3C2=O)N=C(OC)C1. The van der Waals surface area contributed by atoms with Crippen molar-refractivity contribution in [2.75, 3.05) is 14.2 Å². The molecule has 0 atom stereocenters. The first-order valence-corrected chi connectivity index (χ1v) is 7.54. The minimum absolute atomic E-state index is 0.0317. The number of rotatable bonds is 3. The van der Waals surface area contributed by atoms with Gasteiger partial charge in [0.25, 0.3) is 11.8 Å². The standard InChI is InChI=1S/C18H15N3O4/c1-24-12-9-11(7-8-19)16(20-15(10-12)25-2)21-17(22)13-5-3-4-6-14(13)18(21)23/h3-6,9H,7,10H2,1-2H3. The van der Waals surface area contributed by atoms with E-state index >= 15 is 0 Å². The van der Waals surface area contributed by atoms with Crippen LogP contribution in [0.15, 0.2) is 52.5 Å². The highest BCUT2D eigenvalue weighted by Gasteiger charge is 2.39. The summed E-state index contributed by atoms with van der Waals surface area (Å²) in [5.74, 6) is -0.0410. The zero-order valence-corrected chi connectivity index (χ0v) is 13.8. The number of nitrogens with zero attached hydrogens (tertiary/aromatic N) is 3. The van der Waals surface area contributed by atoms with Gasteiger partial charge in [-0.1, -0.05) is 12.1 Å². The van der Waals surface area contributed by atoms with Crippen LogP contribution < -0.4 is 0 Å². The smallest absolute Gasteiger partial charge is 0.267 e. The van der Waals surface area contributed by atoms with Crippen LogP contribution in [0, 0.1) is 11.3 Å². The molecule has 2 aliphatic heterocycles. The summed E-state index contributed by atoms with van der Waals surface area (Å²) in [6.07, 6.45) is 1.85. The minimum atomic E-state index is -0.473. The van der Waals surface area contributed by atoms with Gasteiger partial charge in [-0.25, -0.2) is 4.90 Å². The lowest BCUT2D eigenvalue weighted by Gasteiger charge is -2.16. The third-order valence-electron chi connectivity index (χ3n) is 3.95. The van der Waals surface area contributed by atoms with Gasteiger partial charge in [0, 0.05) is 5.57 Å². The highest BCUT2D eigenvalue weighted by atomic mass is 16.5. The third kappa shape index (κ3) is 2.78. The van der Waals surface area contributed by atoms with Gasteiger partial charge in [-0.2, -0.15) is 10.3 Å². The maximum absolute atomic E-state index is 12.7. The van der Waals surface area contributed by atoms with Gasteiger partial charge >= 0.3 is 0 Å². The van der Waals surface area contributed by atoms with Crippen molar-refractivity contribution in [3.63, 3.8) is 0 Å². The summed E-state index contributed by atoms with van der Waals surface area (Å²) in [6, 6.07) is 8.60. The molecule has 7 nitrogen and oxygen atoms in total. The number of allylic oxidation sites excluding steroid dienone is 2. The quantitative estimate of drug-likeness (QED) is 0.790. The maximum atomic E-state index is 12.7. The number of benzene rings is 1. The van der Waals surface area contributed by atoms with E-state index in [9.17, 15) is 9.59 Å². The van der Waals surface area contributed by atoms with E-state index in [2.05, 4.69) is 4.99 Å². The van der Waals surface area contributed by atoms with Crippen LogP contribution >= 0.6 is 0 Å². The number of aliphatic imine (C=N–C) groups is 1. The Balaban J connectivity index is 2.18. The predicted octanol–water partition coefficient (Wildman–Crippen LogP) is 2.39. The van der Waals surface area contributed by atoms with Crippen molar-refractivity contribution in [3.05, 3.63) is 58.6 Å². The second-order valence-electron chi connectivity index (χ2n) is 5.38. The van der Waals surface area contributed by atoms with Crippen molar-refractivity contribution >= 4 is 17.7 Å². The first-order valence-electron chi connectivity index (χ1n) is 7.54. The summed E-state index contributed by atoms with van der Waals surface area (Å²) in [4.78, 5) is 30.8. The largest absolute Gasteiger partial charge is 0.501 e. The number of hydrogen-bond acceptors (Lipinski definition) is 6. The monoisotopic (exact) mass is 337 g/mol. The molecule has 0 bridgehead atoms. The second-order valence-corrected chi connectivity index (χ2v) is 5.38. The number of carbonyl (C=O) groups excluding carboxylic acids is 2. The van der Waals surface area contributed by atoms with Gasteiger partial charge < -0.3 is 9.47 Å². The van der Waals surface area contributed by atoms with E-state index < -0.39 is 11.8 Å². The van der Waals surface area contributed by atoms with Gasteiger partial charge in [-0.05, 0) is 18.2 Å². The molecule has 0 aromatic heterocycles. The normalized spacial score (nSPS) is 16.8. The molecule has 2 aliphatic rings. The molecule has 1 aromatic carbocycles. The molecule has 7 heteroatoms. The topological polar surface area (TPSA) is 92.0 Å². The minimum Gasteiger partial charge on any atom is -0.501 e. The van der Waals surface area contributed by atoms with Gasteiger partial charge in [0.05, 0.1) is 44.3 Å². The average Bonchev–Trinajstić information content (AvgIpc) is 2.78. The Bertz CT molecular complexity index is 855. The zero-order valence-electron chi connectivity index (χ0n) is 13.8. The number of fused-ring (bicyclic) bond motifs is 1. The Morgan fingerprint density at radius 3 is 2.32 bits per heavy atom. The van der Waals surface area contributed by atoms with Gasteiger partial charge in [-0.3, -0.25) is 9.59 Å². The van der Waals surface area contributed by atoms with E-state index in [0.29, 0.717) is 22.5 Å². The molecule has 0 aliphatic carbocycles. The van der Waals surface area contributed by atoms with Gasteiger partial charge in [0.2, 0.25) is 0 Å². The van der Waals surface area contributed by atoms with Gasteiger partial charge in [-0.15, -0.1) is 0 Å². The van der Waals surface area contributed by atoms with E-state index in [0.717, 1.165) is 4.90 Å². The summed E-state index contributed by atoms with van der Waals surface area (Å²) < 4.78 is 10.5. The lowest BCUT2D eigenvalue weighted by Crippen LogP contribution is -2.29. The lowest BCUT2D eigenvalue weighted by molar-refractivity contribution is 0.0701. The van der Waals surface area contributed by atoms with Crippen molar-refractivity contribution in [3.8, 4) is 6.07 Å². The van der Waals surface area contributed by atoms with Crippen LogP contribution in [-0.4, -0.2) is 36.8 Å². The number of ether oxygens (including phenoxy) is 2. The molecule has 0 radical (unpaired) electrons. The van der Waals surface area contributed by atoms with E-state index in [1.165, 1.54) is 14.2 Å². The first-order chi connectivity index (χ1) is 12.1. The van der Waals surface area contributed by atoms with Crippen molar-refractivity contribution in [2.45, 2.75) is 12.8 Å². The molecule has 0 unspecified atom stereocenters. The summed E-state index contributed by atoms with van der Waals surface area (Å²) in [5.41, 5.74) is 1.04. The highest BCUT2D eigenvalue weighted by Crippen LogP contribution is 2.31. The predicted molar refractivity (Wildman–Crippen MR) is 88.4 cm³/mol. The summed E-state index contributed by atoms with van der Waals surface area (Å²) >= 11 is 0. The van der Waals surface area contributed by atoms with Crippen LogP contribution in [0.25, 0.3) is 0 Å². The summed E-state index contributed by atoms with van der Waals surface area (Å²) in [6.45, 7) is 0. The van der Waals surface area contributed by atoms with E-state index in [1.807, 2.05) is 6.07 Å². The number of methoxy groups -OCH3 is 2. The molecular formula is C18H15N3O4. The molecule has 2 heterocycles. The molecule has 2 amide bonds. The van der Waals surface area contributed by atoms with E-state index in [-0.39, 0.29) is 24.6 Å². The zero-order chi connectivity index (χ0) is 18.0. The van der Waals surface area contributed by atoms with Crippen LogP contribution in [-0.2, 0) is 9.47 Å². The van der Waals surface area contributed by atoms with Crippen LogP contribution in [0.1, 0.15) is 33.6 Å². The van der Waals surface area contributed by atoms with Crippen LogP contribution in [0.4, 0.5) is 0 Å². The number of hydrogen-bond donors (Lipinski definition) is 0. The Morgan fingerprint density at radius 2 is 1.80 bits per heavy atom. The van der Waals surface area contributed by atoms with Gasteiger partial charge in [0.15, 0.2) is 11.7 Å². The molecule has 25 heavy (non-hydrogen) atoms. The van der Waals surface area contributed by atoms with Crippen molar-refractivity contribution in [1.29, 1.82) is 5.26 Å². The Morgan fingerprint density at radius 1 is 1.16 bits per heavy atom. The fourth-order valence-electron chi connectivity index (χ4n) is 2.73. The molecular weight excluding hydrogens is 322 g/mol. The average molecular weight is 337 g/mol. The number of nitriles is 1. The summed E-state index contributed by atoms with van der Waals surface area (Å²) in [7, 11) is 2.94. The van der Waals surface area contributed by atoms with Crippen LogP contribution in [0.5, 0.6) is 0 Å². The maximum Gasteiger partial charge on any atom is 0.267 e. The molecule has 0 fully saturated rings. The Kier molecular flexibility index (Phi) is 4.35. The van der Waals surface area contributed by atoms with Crippen LogP contribution in [0.2, 0.25) is 0 Å². The molecule has 3 rings (SSSR count). The Labute approximate surface area is 144 Å². The lowest BCUT2D eigenvalue weighted by atomic mass is 10.1. The molecule has 0 saturated carbocycles. The fourth-order valence-corrected chi connectivity index (χ4v) is 2.73. The van der Waals surface area contributed by atoms with Crippen LogP contribution in [0.3, 0.4) is 0 Å². The molecule has 0 spiro atoms. The van der Waals surface area contributed by atoms with Crippen molar-refractivity contribution in [2.24, 2.45) is 4.99 Å². The fraction of sp³-hybridized carbons (Fsp3) is 0.222. The first kappa shape index (κ1) is 16.5. The molecule has 0 saturated heterocycles. The van der Waals surface area contributed by atoms with E-state index in [1.54, 1.807) is 30.3 Å². The van der Waals surface area contributed by atoms with Gasteiger partial charge in [0.1, 0.15) is 5.76 Å². The number of carbonyl (C=O) groups is 2. The van der Waals surface area contributed by atoms with Crippen molar-refractivity contribution in [1.82, 2.24) is 4.90 Å². The highest BCUT2D eigenvalue weighted by molar-refractivity contribution is 6.22. The van der Waals surface area contributed by atoms with Crippen molar-refractivity contribution < 1.29 is 19.1 Å². The number of imide groups is 1. The molecule has 0 N–H and O–H groups in total. The molecule has 1 aromatic rings. The summed E-state index contributed by atoms with van der Waals surface area (Å²) in [5, 5.41) is 9.14. The Hall–Kier alpha value is -3.40. The number of amides is 2.